The normalized spacial score (nSPS) is 31.0. The highest BCUT2D eigenvalue weighted by molar-refractivity contribution is 5.69. The van der Waals surface area contributed by atoms with E-state index in [-0.39, 0.29) is 0 Å². The number of carbonyl (C=O) groups excluding carboxylic acids is 7. The molecule has 0 aromatic heterocycles. The molecule has 0 unspecified atom stereocenters. The molecule has 18 heteroatoms. The zero-order chi connectivity index (χ0) is 34.0. The van der Waals surface area contributed by atoms with Crippen LogP contribution in [0.2, 0.25) is 0 Å². The number of esters is 7. The van der Waals surface area contributed by atoms with Crippen molar-refractivity contribution >= 4 is 41.8 Å². The fourth-order valence-corrected chi connectivity index (χ4v) is 4.66. The van der Waals surface area contributed by atoms with E-state index in [9.17, 15) is 33.6 Å². The van der Waals surface area contributed by atoms with Crippen LogP contribution in [0.1, 0.15) is 48.5 Å². The van der Waals surface area contributed by atoms with Crippen molar-refractivity contribution < 1.29 is 85.7 Å². The summed E-state index contributed by atoms with van der Waals surface area (Å²) < 4.78 is 60.6. The lowest BCUT2D eigenvalue weighted by Crippen LogP contribution is -2.67. The van der Waals surface area contributed by atoms with Gasteiger partial charge in [-0.05, 0) is 0 Å². The molecule has 2 aliphatic heterocycles. The highest BCUT2D eigenvalue weighted by Gasteiger charge is 2.57. The molecule has 0 aliphatic carbocycles. The van der Waals surface area contributed by atoms with Crippen molar-refractivity contribution in [2.75, 3.05) is 20.3 Å². The van der Waals surface area contributed by atoms with Crippen molar-refractivity contribution in [2.24, 2.45) is 0 Å². The lowest BCUT2D eigenvalue weighted by molar-refractivity contribution is -0.366. The zero-order valence-electron chi connectivity index (χ0n) is 26.0. The van der Waals surface area contributed by atoms with Crippen molar-refractivity contribution in [3.8, 4) is 0 Å². The third-order valence-electron chi connectivity index (χ3n) is 6.12. The summed E-state index contributed by atoms with van der Waals surface area (Å²) in [6.07, 6.45) is -14.9. The van der Waals surface area contributed by atoms with E-state index in [4.69, 9.17) is 52.1 Å². The summed E-state index contributed by atoms with van der Waals surface area (Å²) in [6.45, 7) is 6.53. The first-order valence-corrected chi connectivity index (χ1v) is 13.7. The van der Waals surface area contributed by atoms with Crippen molar-refractivity contribution in [3.05, 3.63) is 0 Å². The van der Waals surface area contributed by atoms with Crippen LogP contribution >= 0.6 is 0 Å². The Morgan fingerprint density at radius 3 is 1.13 bits per heavy atom. The molecule has 0 aromatic carbocycles. The van der Waals surface area contributed by atoms with E-state index >= 15 is 0 Å². The summed E-state index contributed by atoms with van der Waals surface area (Å²) in [4.78, 5) is 83.8. The molecule has 2 heterocycles. The van der Waals surface area contributed by atoms with Crippen LogP contribution in [0, 0.1) is 0 Å². The van der Waals surface area contributed by atoms with Crippen LogP contribution in [0.5, 0.6) is 0 Å². The second-order valence-electron chi connectivity index (χ2n) is 9.90. The zero-order valence-corrected chi connectivity index (χ0v) is 26.0. The van der Waals surface area contributed by atoms with Gasteiger partial charge in [-0.1, -0.05) is 0 Å². The Hall–Kier alpha value is -3.87. The summed E-state index contributed by atoms with van der Waals surface area (Å²) in [5, 5.41) is 0. The Balaban J connectivity index is 2.64. The number of rotatable bonds is 12. The minimum atomic E-state index is -1.74. The van der Waals surface area contributed by atoms with Gasteiger partial charge in [0, 0.05) is 55.6 Å². The largest absolute Gasteiger partial charge is 0.463 e. The molecule has 0 N–H and O–H groups in total. The molecule has 0 amide bonds. The van der Waals surface area contributed by atoms with Crippen LogP contribution < -0.4 is 0 Å². The van der Waals surface area contributed by atoms with Crippen molar-refractivity contribution in [2.45, 2.75) is 110 Å². The number of carbonyl (C=O) groups is 7. The quantitative estimate of drug-likeness (QED) is 0.187. The number of hydrogen-bond donors (Lipinski definition) is 0. The van der Waals surface area contributed by atoms with Crippen LogP contribution in [0.25, 0.3) is 0 Å². The van der Waals surface area contributed by atoms with E-state index in [0.717, 1.165) is 48.5 Å². The van der Waals surface area contributed by atoms with E-state index in [2.05, 4.69) is 0 Å². The lowest BCUT2D eigenvalue weighted by atomic mass is 9.96. The van der Waals surface area contributed by atoms with Crippen LogP contribution in [-0.2, 0) is 85.7 Å². The van der Waals surface area contributed by atoms with E-state index in [1.165, 1.54) is 7.11 Å². The fraction of sp³-hybridized carbons (Fsp3) is 0.741. The van der Waals surface area contributed by atoms with E-state index in [1.807, 2.05) is 0 Å². The Bertz CT molecular complexity index is 1110. The predicted molar refractivity (Wildman–Crippen MR) is 140 cm³/mol. The van der Waals surface area contributed by atoms with Gasteiger partial charge in [0.05, 0.1) is 0 Å². The second kappa shape index (κ2) is 17.0. The first-order chi connectivity index (χ1) is 21.0. The van der Waals surface area contributed by atoms with Crippen molar-refractivity contribution in [3.63, 3.8) is 0 Å². The van der Waals surface area contributed by atoms with E-state index < -0.39 is 116 Å². The van der Waals surface area contributed by atoms with Crippen LogP contribution in [0.3, 0.4) is 0 Å². The van der Waals surface area contributed by atoms with Gasteiger partial charge >= 0.3 is 41.8 Å². The molecule has 0 aromatic rings. The summed E-state index contributed by atoms with van der Waals surface area (Å²) in [5.74, 6) is -5.71. The summed E-state index contributed by atoms with van der Waals surface area (Å²) >= 11 is 0. The second-order valence-corrected chi connectivity index (χ2v) is 9.90. The highest BCUT2D eigenvalue weighted by Crippen LogP contribution is 2.35. The number of hydrogen-bond acceptors (Lipinski definition) is 18. The first-order valence-electron chi connectivity index (χ1n) is 13.7. The minimum absolute atomic E-state index is 0.448. The Kier molecular flexibility index (Phi) is 14.1. The van der Waals surface area contributed by atoms with Gasteiger partial charge in [-0.25, -0.2) is 0 Å². The molecule has 18 nitrogen and oxygen atoms in total. The van der Waals surface area contributed by atoms with E-state index in [0.29, 0.717) is 0 Å². The topological polar surface area (TPSA) is 221 Å². The van der Waals surface area contributed by atoms with Gasteiger partial charge in [0.15, 0.2) is 49.2 Å². The molecule has 0 bridgehead atoms. The predicted octanol–water partition coefficient (Wildman–Crippen LogP) is -0.747. The molecule has 0 saturated carbocycles. The molecular formula is C27H38O18. The average Bonchev–Trinajstić information content (AvgIpc) is 2.90. The monoisotopic (exact) mass is 650 g/mol. The molecule has 2 rings (SSSR count). The maximum atomic E-state index is 12.2. The Morgan fingerprint density at radius 1 is 0.444 bits per heavy atom. The van der Waals surface area contributed by atoms with Gasteiger partial charge in [-0.3, -0.25) is 33.6 Å². The maximum Gasteiger partial charge on any atom is 0.303 e. The van der Waals surface area contributed by atoms with Gasteiger partial charge in [0.1, 0.15) is 25.4 Å². The minimum Gasteiger partial charge on any atom is -0.463 e. The molecule has 254 valence electrons. The maximum absolute atomic E-state index is 12.2. The first kappa shape index (κ1) is 37.3. The fourth-order valence-electron chi connectivity index (χ4n) is 4.66. The number of methoxy groups -OCH3 is 1. The van der Waals surface area contributed by atoms with Gasteiger partial charge in [-0.2, -0.15) is 0 Å². The van der Waals surface area contributed by atoms with Crippen LogP contribution in [-0.4, -0.2) is 124 Å². The Labute approximate surface area is 258 Å². The third kappa shape index (κ3) is 11.2. The summed E-state index contributed by atoms with van der Waals surface area (Å²) in [7, 11) is 1.20. The molecular weight excluding hydrogens is 612 g/mol. The summed E-state index contributed by atoms with van der Waals surface area (Å²) in [6, 6.07) is 0. The molecule has 0 radical (unpaired) electrons. The van der Waals surface area contributed by atoms with Crippen LogP contribution in [0.15, 0.2) is 0 Å². The van der Waals surface area contributed by atoms with Crippen molar-refractivity contribution in [1.29, 1.82) is 0 Å². The molecule has 10 atom stereocenters. The molecule has 0 spiro atoms. The molecule has 2 saturated heterocycles. The van der Waals surface area contributed by atoms with Crippen LogP contribution in [0.4, 0.5) is 0 Å². The van der Waals surface area contributed by atoms with Gasteiger partial charge < -0.3 is 52.1 Å². The highest BCUT2D eigenvalue weighted by atomic mass is 16.8. The SMILES string of the molecule is CO[C@@H]1O[C@@H](COC(C)=O)[C@@H](OC(C)=O)[C@H](OC(C)=O)[C@H]1O[C@@H]1O[C@@H](COC(C)=O)[C@@H](OC(C)=O)[C@H](OC(C)=O)[C@H]1OC(C)=O. The standard InChI is InChI=1S/C27H38O18/c1-11(28)36-9-18-20(38-13(3)30)22(40-15(5)32)24(26(35-8)43-18)45-27-25(42-17(7)34)23(41-16(6)33)21(39-14(4)31)19(44-27)10-37-12(2)29/h18-27H,9-10H2,1-8H3/t18-,19-,20+,21+,22-,23-,24+,25+,26+,27-/m0/s1. The number of ether oxygens (including phenoxy) is 11. The van der Waals surface area contributed by atoms with E-state index in [1.54, 1.807) is 0 Å². The Morgan fingerprint density at radius 2 is 0.778 bits per heavy atom. The third-order valence-corrected chi connectivity index (χ3v) is 6.12. The summed E-state index contributed by atoms with van der Waals surface area (Å²) in [5.41, 5.74) is 0. The smallest absolute Gasteiger partial charge is 0.303 e. The van der Waals surface area contributed by atoms with Gasteiger partial charge in [0.25, 0.3) is 0 Å². The molecule has 2 fully saturated rings. The average molecular weight is 651 g/mol. The molecule has 45 heavy (non-hydrogen) atoms. The van der Waals surface area contributed by atoms with Crippen molar-refractivity contribution in [1.82, 2.24) is 0 Å². The molecule has 2 aliphatic rings. The van der Waals surface area contributed by atoms with Gasteiger partial charge in [-0.15, -0.1) is 0 Å². The van der Waals surface area contributed by atoms with Gasteiger partial charge in [0.2, 0.25) is 0 Å². The lowest BCUT2D eigenvalue weighted by Gasteiger charge is -2.48.